The van der Waals surface area contributed by atoms with Gasteiger partial charge in [-0.25, -0.2) is 0 Å². The molecule has 0 heterocycles. The van der Waals surface area contributed by atoms with Crippen LogP contribution in [0.3, 0.4) is 0 Å². The molecule has 1 radical (unpaired) electrons. The normalized spacial score (nSPS) is 11.3. The third-order valence-corrected chi connectivity index (χ3v) is 6.08. The van der Waals surface area contributed by atoms with Crippen molar-refractivity contribution in [3.63, 3.8) is 0 Å². The molecule has 0 atom stereocenters. The summed E-state index contributed by atoms with van der Waals surface area (Å²) in [4.78, 5) is 36.3. The molecule has 0 saturated carbocycles. The van der Waals surface area contributed by atoms with Crippen molar-refractivity contribution in [2.45, 2.75) is 149 Å². The fourth-order valence-electron chi connectivity index (χ4n) is 3.89. The van der Waals surface area contributed by atoms with Gasteiger partial charge in [-0.15, -0.1) is 0 Å². The first-order chi connectivity index (χ1) is 15.9. The molecule has 0 aliphatic carbocycles. The predicted molar refractivity (Wildman–Crippen MR) is 137 cm³/mol. The predicted octanol–water partition coefficient (Wildman–Crippen LogP) is 6.29. The number of rotatable bonds is 22. The molecule has 0 spiro atoms. The van der Waals surface area contributed by atoms with Gasteiger partial charge < -0.3 is 16.0 Å². The van der Waals surface area contributed by atoms with Gasteiger partial charge in [0.1, 0.15) is 0 Å². The third kappa shape index (κ3) is 17.5. The van der Waals surface area contributed by atoms with Gasteiger partial charge in [0, 0.05) is 25.7 Å². The Bertz CT molecular complexity index is 505. The van der Waals surface area contributed by atoms with Gasteiger partial charge in [-0.05, 0) is 13.3 Å². The van der Waals surface area contributed by atoms with E-state index in [4.69, 9.17) is 0 Å². The van der Waals surface area contributed by atoms with Crippen LogP contribution in [0.5, 0.6) is 0 Å². The Morgan fingerprint density at radius 1 is 0.545 bits per heavy atom. The highest BCUT2D eigenvalue weighted by atomic mass is 16.2. The van der Waals surface area contributed by atoms with Gasteiger partial charge in [0.05, 0.1) is 0 Å². The zero-order chi connectivity index (χ0) is 24.8. The molecule has 0 fully saturated rings. The van der Waals surface area contributed by atoms with E-state index in [-0.39, 0.29) is 37.0 Å². The van der Waals surface area contributed by atoms with Gasteiger partial charge in [0.15, 0.2) is 5.79 Å². The van der Waals surface area contributed by atoms with E-state index in [1.54, 1.807) is 13.8 Å². The summed E-state index contributed by atoms with van der Waals surface area (Å²) in [5.41, 5.74) is 0. The fraction of sp³-hybridized carbons (Fsp3) is 0.852. The lowest BCUT2D eigenvalue weighted by Gasteiger charge is -2.35. The highest BCUT2D eigenvalue weighted by molar-refractivity contribution is 5.83. The lowest BCUT2D eigenvalue weighted by Crippen LogP contribution is -2.70. The number of unbranched alkanes of at least 4 members (excludes halogenated alkanes) is 14. The minimum Gasteiger partial charge on any atom is -0.316 e. The van der Waals surface area contributed by atoms with E-state index >= 15 is 0 Å². The molecule has 0 aliphatic rings. The van der Waals surface area contributed by atoms with Gasteiger partial charge in [-0.2, -0.15) is 0 Å². The van der Waals surface area contributed by atoms with Crippen LogP contribution in [0.2, 0.25) is 0 Å². The molecule has 3 N–H and O–H groups in total. The highest BCUT2D eigenvalue weighted by Gasteiger charge is 2.32. The number of hydrogen-bond acceptors (Lipinski definition) is 3. The van der Waals surface area contributed by atoms with Crippen molar-refractivity contribution in [1.82, 2.24) is 16.0 Å². The maximum atomic E-state index is 12.4. The molecular formula is C27H52N3O3. The van der Waals surface area contributed by atoms with E-state index in [2.05, 4.69) is 29.8 Å². The topological polar surface area (TPSA) is 87.3 Å². The largest absolute Gasteiger partial charge is 0.316 e. The number of carbonyl (C=O) groups excluding carboxylic acids is 3. The van der Waals surface area contributed by atoms with E-state index < -0.39 is 5.79 Å². The Morgan fingerprint density at radius 3 is 1.21 bits per heavy atom. The zero-order valence-corrected chi connectivity index (χ0v) is 21.9. The molecule has 0 unspecified atom stereocenters. The Balaban J connectivity index is 3.91. The van der Waals surface area contributed by atoms with Crippen molar-refractivity contribution in [3.8, 4) is 0 Å². The second-order valence-electron chi connectivity index (χ2n) is 9.21. The molecule has 0 saturated heterocycles. The van der Waals surface area contributed by atoms with Crippen molar-refractivity contribution in [3.05, 3.63) is 6.92 Å². The van der Waals surface area contributed by atoms with E-state index in [0.29, 0.717) is 6.42 Å². The lowest BCUT2D eigenvalue weighted by atomic mass is 10.0. The van der Waals surface area contributed by atoms with E-state index in [1.807, 2.05) is 0 Å². The number of amides is 3. The summed E-state index contributed by atoms with van der Waals surface area (Å²) in [5.74, 6) is -1.99. The molecular weight excluding hydrogens is 414 g/mol. The Kier molecular flexibility index (Phi) is 20.0. The van der Waals surface area contributed by atoms with Gasteiger partial charge in [-0.1, -0.05) is 111 Å². The summed E-state index contributed by atoms with van der Waals surface area (Å²) < 4.78 is 0. The molecule has 33 heavy (non-hydrogen) atoms. The Hall–Kier alpha value is -1.59. The molecule has 6 heteroatoms. The molecule has 193 valence electrons. The van der Waals surface area contributed by atoms with Crippen molar-refractivity contribution in [2.24, 2.45) is 0 Å². The molecule has 0 rings (SSSR count). The second-order valence-corrected chi connectivity index (χ2v) is 9.21. The maximum Gasteiger partial charge on any atom is 0.223 e. The average Bonchev–Trinajstić information content (AvgIpc) is 2.81. The van der Waals surface area contributed by atoms with Gasteiger partial charge in [0.2, 0.25) is 17.7 Å². The van der Waals surface area contributed by atoms with Crippen LogP contribution in [0.4, 0.5) is 0 Å². The molecule has 3 amide bonds. The minimum absolute atomic E-state index is 0.134. The standard InChI is InChI=1S/C27H52N3O3/c1-5-9-10-11-12-13-14-15-16-17-18-19-20-21-22-23-26(33)30-27(8-4,28-24(31)6-2)29-25(32)7-3/h4-23H2,1-3H3,(H,28,31)(H,29,32)(H,30,33). The molecule has 0 aliphatic heterocycles. The summed E-state index contributed by atoms with van der Waals surface area (Å²) in [6.45, 7) is 9.53. The molecule has 0 aromatic carbocycles. The zero-order valence-electron chi connectivity index (χ0n) is 21.9. The van der Waals surface area contributed by atoms with E-state index in [0.717, 1.165) is 19.3 Å². The van der Waals surface area contributed by atoms with Gasteiger partial charge in [0.25, 0.3) is 0 Å². The van der Waals surface area contributed by atoms with Crippen LogP contribution in [0.1, 0.15) is 143 Å². The van der Waals surface area contributed by atoms with Crippen molar-refractivity contribution in [2.75, 3.05) is 0 Å². The van der Waals surface area contributed by atoms with Crippen molar-refractivity contribution in [1.29, 1.82) is 0 Å². The van der Waals surface area contributed by atoms with Crippen LogP contribution in [-0.4, -0.2) is 23.5 Å². The fourth-order valence-corrected chi connectivity index (χ4v) is 3.89. The number of hydrogen-bond donors (Lipinski definition) is 3. The van der Waals surface area contributed by atoms with Gasteiger partial charge in [-0.3, -0.25) is 14.4 Å². The second kappa shape index (κ2) is 21.0. The first-order valence-corrected chi connectivity index (χ1v) is 13.6. The Labute approximate surface area is 203 Å². The van der Waals surface area contributed by atoms with Crippen LogP contribution in [0, 0.1) is 6.92 Å². The summed E-state index contributed by atoms with van der Waals surface area (Å²) in [6, 6.07) is 0. The molecule has 0 bridgehead atoms. The first-order valence-electron chi connectivity index (χ1n) is 13.6. The SMILES string of the molecule is [CH2]CC(NC(=O)CC)(NC(=O)CC)NC(=O)CCCCCCCCCCCCCCCCC. The molecule has 6 nitrogen and oxygen atoms in total. The third-order valence-electron chi connectivity index (χ3n) is 6.08. The van der Waals surface area contributed by atoms with Gasteiger partial charge >= 0.3 is 0 Å². The van der Waals surface area contributed by atoms with Crippen LogP contribution in [0.15, 0.2) is 0 Å². The van der Waals surface area contributed by atoms with Crippen molar-refractivity contribution >= 4 is 17.7 Å². The quantitative estimate of drug-likeness (QED) is 0.129. The number of nitrogens with one attached hydrogen (secondary N) is 3. The summed E-state index contributed by atoms with van der Waals surface area (Å²) in [5, 5.41) is 8.22. The molecule has 0 aromatic rings. The lowest BCUT2D eigenvalue weighted by molar-refractivity contribution is -0.131. The van der Waals surface area contributed by atoms with Crippen LogP contribution >= 0.6 is 0 Å². The summed E-state index contributed by atoms with van der Waals surface area (Å²) >= 11 is 0. The van der Waals surface area contributed by atoms with Crippen LogP contribution in [-0.2, 0) is 14.4 Å². The number of carbonyl (C=O) groups is 3. The first kappa shape index (κ1) is 31.4. The van der Waals surface area contributed by atoms with Crippen LogP contribution in [0.25, 0.3) is 0 Å². The summed E-state index contributed by atoms with van der Waals surface area (Å²) in [7, 11) is 0. The maximum absolute atomic E-state index is 12.4. The van der Waals surface area contributed by atoms with Crippen LogP contribution < -0.4 is 16.0 Å². The highest BCUT2D eigenvalue weighted by Crippen LogP contribution is 2.14. The minimum atomic E-state index is -1.31. The molecule has 0 aromatic heterocycles. The Morgan fingerprint density at radius 2 is 0.879 bits per heavy atom. The average molecular weight is 467 g/mol. The van der Waals surface area contributed by atoms with E-state index in [9.17, 15) is 14.4 Å². The summed E-state index contributed by atoms with van der Waals surface area (Å²) in [6.07, 6.45) is 20.2. The smallest absolute Gasteiger partial charge is 0.223 e. The van der Waals surface area contributed by atoms with E-state index in [1.165, 1.54) is 77.0 Å². The van der Waals surface area contributed by atoms with Crippen molar-refractivity contribution < 1.29 is 14.4 Å². The monoisotopic (exact) mass is 466 g/mol.